The largest absolute Gasteiger partial charge is 0.370 e. The maximum absolute atomic E-state index is 13.1. The zero-order chi connectivity index (χ0) is 18.8. The van der Waals surface area contributed by atoms with Crippen molar-refractivity contribution < 1.29 is 9.18 Å². The number of benzene rings is 1. The van der Waals surface area contributed by atoms with E-state index in [1.165, 1.54) is 23.5 Å². The average molecular weight is 404 g/mol. The van der Waals surface area contributed by atoms with Crippen LogP contribution in [0.25, 0.3) is 10.6 Å². The standard InChI is InChI=1S/C18H18FN5OS2/c19-13-5-3-12(4-6-13)17-21-14(9-26-17)10-27-18-23-22-16(11-1-2-11)24(18)8-7-15(20)25/h3-6,9,11H,1-2,7-8,10H2,(H2,20,25). The molecule has 0 unspecified atom stereocenters. The second-order valence-corrected chi connectivity index (χ2v) is 8.22. The van der Waals surface area contributed by atoms with E-state index in [1.807, 2.05) is 9.95 Å². The minimum absolute atomic E-state index is 0.257. The van der Waals surface area contributed by atoms with Gasteiger partial charge in [-0.3, -0.25) is 4.79 Å². The minimum Gasteiger partial charge on any atom is -0.370 e. The normalized spacial score (nSPS) is 13.8. The highest BCUT2D eigenvalue weighted by Crippen LogP contribution is 2.40. The molecular weight excluding hydrogens is 385 g/mol. The third-order valence-corrected chi connectivity index (χ3v) is 6.20. The molecule has 4 rings (SSSR count). The summed E-state index contributed by atoms with van der Waals surface area (Å²) in [5.41, 5.74) is 7.13. The number of nitrogens with zero attached hydrogens (tertiary/aromatic N) is 4. The number of carbonyl (C=O) groups excluding carboxylic acids is 1. The van der Waals surface area contributed by atoms with Crippen LogP contribution in [0.2, 0.25) is 0 Å². The van der Waals surface area contributed by atoms with Crippen LogP contribution in [-0.2, 0) is 17.1 Å². The number of amides is 1. The minimum atomic E-state index is -0.329. The molecule has 0 saturated heterocycles. The van der Waals surface area contributed by atoms with E-state index in [2.05, 4.69) is 15.2 Å². The Bertz CT molecular complexity index is 949. The van der Waals surface area contributed by atoms with E-state index in [0.29, 0.717) is 18.2 Å². The summed E-state index contributed by atoms with van der Waals surface area (Å²) in [7, 11) is 0. The summed E-state index contributed by atoms with van der Waals surface area (Å²) in [6, 6.07) is 6.33. The second-order valence-electron chi connectivity index (χ2n) is 6.42. The maximum Gasteiger partial charge on any atom is 0.219 e. The summed E-state index contributed by atoms with van der Waals surface area (Å²) < 4.78 is 15.1. The lowest BCUT2D eigenvalue weighted by Crippen LogP contribution is -2.15. The number of carbonyl (C=O) groups is 1. The lowest BCUT2D eigenvalue weighted by molar-refractivity contribution is -0.118. The van der Waals surface area contributed by atoms with Crippen LogP contribution in [0.3, 0.4) is 0 Å². The van der Waals surface area contributed by atoms with Gasteiger partial charge in [-0.25, -0.2) is 9.37 Å². The Morgan fingerprint density at radius 1 is 1.30 bits per heavy atom. The number of rotatable bonds is 8. The first kappa shape index (κ1) is 18.1. The number of hydrogen-bond donors (Lipinski definition) is 1. The molecule has 1 aliphatic carbocycles. The van der Waals surface area contributed by atoms with Gasteiger partial charge < -0.3 is 10.3 Å². The number of halogens is 1. The zero-order valence-corrected chi connectivity index (χ0v) is 16.1. The van der Waals surface area contributed by atoms with Gasteiger partial charge in [-0.1, -0.05) is 11.8 Å². The molecule has 27 heavy (non-hydrogen) atoms. The quantitative estimate of drug-likeness (QED) is 0.581. The maximum atomic E-state index is 13.1. The Kier molecular flexibility index (Phi) is 5.22. The van der Waals surface area contributed by atoms with Crippen molar-refractivity contribution in [1.82, 2.24) is 19.7 Å². The van der Waals surface area contributed by atoms with Crippen molar-refractivity contribution in [2.45, 2.75) is 42.6 Å². The molecule has 0 atom stereocenters. The molecular formula is C18H18FN5OS2. The van der Waals surface area contributed by atoms with E-state index in [0.717, 1.165) is 40.1 Å². The molecule has 0 bridgehead atoms. The van der Waals surface area contributed by atoms with Crippen molar-refractivity contribution in [1.29, 1.82) is 0 Å². The predicted molar refractivity (Wildman–Crippen MR) is 103 cm³/mol. The summed E-state index contributed by atoms with van der Waals surface area (Å²) in [6.45, 7) is 0.508. The lowest BCUT2D eigenvalue weighted by atomic mass is 10.2. The molecule has 140 valence electrons. The number of hydrogen-bond acceptors (Lipinski definition) is 6. The van der Waals surface area contributed by atoms with Gasteiger partial charge in [-0.15, -0.1) is 21.5 Å². The molecule has 1 amide bonds. The van der Waals surface area contributed by atoms with E-state index >= 15 is 0 Å². The molecule has 1 aliphatic rings. The summed E-state index contributed by atoms with van der Waals surface area (Å²) in [6.07, 6.45) is 2.51. The van der Waals surface area contributed by atoms with Crippen LogP contribution < -0.4 is 5.73 Å². The Morgan fingerprint density at radius 2 is 2.07 bits per heavy atom. The van der Waals surface area contributed by atoms with Gasteiger partial charge in [0, 0.05) is 35.6 Å². The molecule has 0 radical (unpaired) electrons. The van der Waals surface area contributed by atoms with Crippen LogP contribution >= 0.6 is 23.1 Å². The molecule has 3 aromatic rings. The highest BCUT2D eigenvalue weighted by atomic mass is 32.2. The summed E-state index contributed by atoms with van der Waals surface area (Å²) in [5, 5.41) is 12.3. The number of thioether (sulfide) groups is 1. The fraction of sp³-hybridized carbons (Fsp3) is 0.333. The molecule has 2 heterocycles. The van der Waals surface area contributed by atoms with Crippen LogP contribution in [-0.4, -0.2) is 25.7 Å². The third-order valence-electron chi connectivity index (χ3n) is 4.26. The fourth-order valence-corrected chi connectivity index (χ4v) is 4.51. The molecule has 2 N–H and O–H groups in total. The molecule has 0 spiro atoms. The number of nitrogens with two attached hydrogens (primary N) is 1. The van der Waals surface area contributed by atoms with Gasteiger partial charge in [0.05, 0.1) is 5.69 Å². The van der Waals surface area contributed by atoms with Crippen LogP contribution in [0.15, 0.2) is 34.8 Å². The number of primary amides is 1. The Hall–Kier alpha value is -2.26. The van der Waals surface area contributed by atoms with E-state index in [1.54, 1.807) is 23.9 Å². The van der Waals surface area contributed by atoms with Crippen LogP contribution in [0.5, 0.6) is 0 Å². The number of thiazole rings is 1. The van der Waals surface area contributed by atoms with Crippen molar-refractivity contribution >= 4 is 29.0 Å². The van der Waals surface area contributed by atoms with Crippen molar-refractivity contribution in [2.75, 3.05) is 0 Å². The second kappa shape index (κ2) is 7.77. The first-order valence-electron chi connectivity index (χ1n) is 8.64. The van der Waals surface area contributed by atoms with Gasteiger partial charge in [0.1, 0.15) is 16.6 Å². The first-order valence-corrected chi connectivity index (χ1v) is 10.5. The van der Waals surface area contributed by atoms with Crippen LogP contribution in [0.4, 0.5) is 4.39 Å². The average Bonchev–Trinajstić information content (AvgIpc) is 3.24. The fourth-order valence-electron chi connectivity index (χ4n) is 2.72. The highest BCUT2D eigenvalue weighted by molar-refractivity contribution is 7.98. The smallest absolute Gasteiger partial charge is 0.219 e. The highest BCUT2D eigenvalue weighted by Gasteiger charge is 2.30. The van der Waals surface area contributed by atoms with E-state index in [-0.39, 0.29) is 18.1 Å². The van der Waals surface area contributed by atoms with E-state index in [9.17, 15) is 9.18 Å². The zero-order valence-electron chi connectivity index (χ0n) is 14.5. The van der Waals surface area contributed by atoms with Gasteiger partial charge in [-0.05, 0) is 37.1 Å². The monoisotopic (exact) mass is 403 g/mol. The summed E-state index contributed by atoms with van der Waals surface area (Å²) in [4.78, 5) is 15.8. The molecule has 6 nitrogen and oxygen atoms in total. The Balaban J connectivity index is 1.45. The van der Waals surface area contributed by atoms with Gasteiger partial charge in [0.15, 0.2) is 5.16 Å². The molecule has 0 aliphatic heterocycles. The van der Waals surface area contributed by atoms with E-state index < -0.39 is 0 Å². The topological polar surface area (TPSA) is 86.7 Å². The summed E-state index contributed by atoms with van der Waals surface area (Å²) in [5.74, 6) is 1.46. The van der Waals surface area contributed by atoms with Crippen molar-refractivity contribution in [3.05, 3.63) is 47.0 Å². The SMILES string of the molecule is NC(=O)CCn1c(SCc2csc(-c3ccc(F)cc3)n2)nnc1C1CC1. The Morgan fingerprint density at radius 3 is 2.78 bits per heavy atom. The van der Waals surface area contributed by atoms with Crippen molar-refractivity contribution in [3.8, 4) is 10.6 Å². The first-order chi connectivity index (χ1) is 13.1. The predicted octanol–water partition coefficient (Wildman–Crippen LogP) is 3.59. The van der Waals surface area contributed by atoms with Crippen LogP contribution in [0, 0.1) is 5.82 Å². The lowest BCUT2D eigenvalue weighted by Gasteiger charge is -2.08. The molecule has 9 heteroatoms. The van der Waals surface area contributed by atoms with Gasteiger partial charge in [0.2, 0.25) is 5.91 Å². The van der Waals surface area contributed by atoms with Gasteiger partial charge >= 0.3 is 0 Å². The number of aromatic nitrogens is 4. The molecule has 2 aromatic heterocycles. The molecule has 1 aromatic carbocycles. The summed E-state index contributed by atoms with van der Waals surface area (Å²) >= 11 is 3.08. The van der Waals surface area contributed by atoms with Crippen molar-refractivity contribution in [2.24, 2.45) is 5.73 Å². The van der Waals surface area contributed by atoms with Gasteiger partial charge in [0.25, 0.3) is 0 Å². The van der Waals surface area contributed by atoms with Crippen LogP contribution in [0.1, 0.15) is 36.7 Å². The molecule has 1 saturated carbocycles. The van der Waals surface area contributed by atoms with Crippen molar-refractivity contribution in [3.63, 3.8) is 0 Å². The van der Waals surface area contributed by atoms with Gasteiger partial charge in [-0.2, -0.15) is 0 Å². The Labute approximate surface area is 164 Å². The molecule has 1 fully saturated rings. The third kappa shape index (κ3) is 4.36. The van der Waals surface area contributed by atoms with E-state index in [4.69, 9.17) is 5.73 Å².